The van der Waals surface area contributed by atoms with Gasteiger partial charge in [-0.1, -0.05) is 0 Å². The largest absolute Gasteiger partial charge is 0.419 e. The van der Waals surface area contributed by atoms with Gasteiger partial charge in [0, 0.05) is 33.3 Å². The molecule has 8 nitrogen and oxygen atoms in total. The number of rotatable bonds is 4. The monoisotopic (exact) mass is 409 g/mol. The number of nitrogens with zero attached hydrogens (tertiary/aromatic N) is 3. The zero-order valence-corrected chi connectivity index (χ0v) is 17.5. The van der Waals surface area contributed by atoms with E-state index in [1.165, 1.54) is 16.7 Å². The summed E-state index contributed by atoms with van der Waals surface area (Å²) in [5.74, 6) is 0.130. The molecule has 0 unspecified atom stereocenters. The smallest absolute Gasteiger partial charge is 0.408 e. The van der Waals surface area contributed by atoms with Gasteiger partial charge in [0.1, 0.15) is 0 Å². The van der Waals surface area contributed by atoms with Crippen LogP contribution in [0.3, 0.4) is 0 Å². The normalized spacial score (nSPS) is 28.9. The molecule has 1 aliphatic carbocycles. The third-order valence-corrected chi connectivity index (χ3v) is 8.25. The van der Waals surface area contributed by atoms with Crippen LogP contribution in [0.1, 0.15) is 12.8 Å². The second-order valence-corrected chi connectivity index (χ2v) is 10.1. The van der Waals surface area contributed by atoms with Crippen LogP contribution in [0.25, 0.3) is 11.1 Å². The van der Waals surface area contributed by atoms with E-state index in [9.17, 15) is 13.2 Å². The van der Waals surface area contributed by atoms with Crippen molar-refractivity contribution in [3.8, 4) is 0 Å². The molecule has 4 atom stereocenters. The molecule has 1 aliphatic heterocycles. The van der Waals surface area contributed by atoms with Gasteiger partial charge in [0.25, 0.3) is 0 Å². The molecule has 2 aliphatic rings. The number of oxazole rings is 1. The first-order valence-corrected chi connectivity index (χ1v) is 11.0. The molecule has 154 valence electrons. The van der Waals surface area contributed by atoms with E-state index in [0.717, 1.165) is 12.8 Å². The van der Waals surface area contributed by atoms with E-state index in [1.807, 2.05) is 14.1 Å². The van der Waals surface area contributed by atoms with Crippen LogP contribution in [0.4, 0.5) is 0 Å². The van der Waals surface area contributed by atoms with E-state index in [1.54, 1.807) is 24.5 Å². The first kappa shape index (κ1) is 19.6. The summed E-state index contributed by atoms with van der Waals surface area (Å²) in [5.41, 5.74) is 0.869. The Morgan fingerprint density at radius 1 is 1.18 bits per heavy atom. The van der Waals surface area contributed by atoms with Crippen LogP contribution >= 0.6 is 0 Å². The summed E-state index contributed by atoms with van der Waals surface area (Å²) in [6.45, 7) is 1.03. The Morgan fingerprint density at radius 3 is 2.50 bits per heavy atom. The van der Waals surface area contributed by atoms with Crippen molar-refractivity contribution in [2.24, 2.45) is 18.9 Å². The van der Waals surface area contributed by atoms with Gasteiger partial charge in [-0.2, -0.15) is 4.31 Å². The van der Waals surface area contributed by atoms with Crippen LogP contribution in [0.2, 0.25) is 0 Å². The zero-order chi connectivity index (χ0) is 20.2. The Morgan fingerprint density at radius 2 is 1.86 bits per heavy atom. The van der Waals surface area contributed by atoms with Gasteiger partial charge in [-0.3, -0.25) is 4.57 Å². The van der Waals surface area contributed by atoms with Gasteiger partial charge in [0.15, 0.2) is 5.58 Å². The molecule has 0 radical (unpaired) electrons. The van der Waals surface area contributed by atoms with Crippen molar-refractivity contribution in [1.82, 2.24) is 13.8 Å². The lowest BCUT2D eigenvalue weighted by Crippen LogP contribution is -2.47. The molecule has 1 aromatic heterocycles. The molecule has 0 spiro atoms. The van der Waals surface area contributed by atoms with Gasteiger partial charge in [0.2, 0.25) is 10.0 Å². The minimum absolute atomic E-state index is 0.121. The molecule has 0 N–H and O–H groups in total. The predicted octanol–water partition coefficient (Wildman–Crippen LogP) is 1.11. The van der Waals surface area contributed by atoms with Crippen LogP contribution in [0.15, 0.2) is 32.3 Å². The Kier molecular flexibility index (Phi) is 4.89. The number of hydrogen-bond acceptors (Lipinski definition) is 6. The summed E-state index contributed by atoms with van der Waals surface area (Å²) in [6, 6.07) is 4.89. The molecule has 4 rings (SSSR count). The highest BCUT2D eigenvalue weighted by molar-refractivity contribution is 7.89. The summed E-state index contributed by atoms with van der Waals surface area (Å²) < 4.78 is 40.3. The molecule has 9 heteroatoms. The fraction of sp³-hybridized carbons (Fsp3) is 0.632. The Balaban J connectivity index is 1.61. The molecule has 2 fully saturated rings. The van der Waals surface area contributed by atoms with Crippen molar-refractivity contribution in [2.75, 3.05) is 34.3 Å². The van der Waals surface area contributed by atoms with Gasteiger partial charge >= 0.3 is 5.76 Å². The molecular formula is C19H27N3O5S. The van der Waals surface area contributed by atoms with Crippen LogP contribution in [0, 0.1) is 11.8 Å². The summed E-state index contributed by atoms with van der Waals surface area (Å²) >= 11 is 0. The summed E-state index contributed by atoms with van der Waals surface area (Å²) in [4.78, 5) is 14.1. The maximum Gasteiger partial charge on any atom is 0.419 e. The Bertz CT molecular complexity index is 1040. The van der Waals surface area contributed by atoms with Gasteiger partial charge < -0.3 is 14.1 Å². The third kappa shape index (κ3) is 3.10. The van der Waals surface area contributed by atoms with E-state index >= 15 is 0 Å². The number of hydrogen-bond donors (Lipinski definition) is 0. The number of benzene rings is 1. The maximum absolute atomic E-state index is 13.3. The lowest BCUT2D eigenvalue weighted by atomic mass is 9.77. The van der Waals surface area contributed by atoms with Crippen molar-refractivity contribution < 1.29 is 17.6 Å². The zero-order valence-electron chi connectivity index (χ0n) is 16.7. The number of likely N-dealkylation sites (N-methyl/N-ethyl adjacent to an activating group) is 1. The molecule has 1 aromatic carbocycles. The fourth-order valence-electron chi connectivity index (χ4n) is 4.76. The SMILES string of the molecule is CO[C@@H]1C[C@H]2CN(S(=O)(=O)c3ccc4oc(=O)n(C)c4c3)C[C@H]2C[C@H]1N(C)C. The molecule has 0 amide bonds. The summed E-state index contributed by atoms with van der Waals surface area (Å²) in [7, 11) is 3.76. The van der Waals surface area contributed by atoms with E-state index in [-0.39, 0.29) is 11.0 Å². The highest BCUT2D eigenvalue weighted by atomic mass is 32.2. The van der Waals surface area contributed by atoms with Crippen LogP contribution in [0.5, 0.6) is 0 Å². The Hall–Kier alpha value is -1.68. The Labute approximate surface area is 164 Å². The van der Waals surface area contributed by atoms with Crippen molar-refractivity contribution in [2.45, 2.75) is 29.9 Å². The molecule has 1 saturated heterocycles. The maximum atomic E-state index is 13.3. The molecule has 0 bridgehead atoms. The van der Waals surface area contributed by atoms with E-state index in [0.29, 0.717) is 42.1 Å². The molecule has 2 aromatic rings. The lowest BCUT2D eigenvalue weighted by molar-refractivity contribution is -0.0209. The molecular weight excluding hydrogens is 382 g/mol. The quantitative estimate of drug-likeness (QED) is 0.752. The fourth-order valence-corrected chi connectivity index (χ4v) is 6.33. The number of fused-ring (bicyclic) bond motifs is 2. The van der Waals surface area contributed by atoms with Crippen LogP contribution in [-0.2, 0) is 21.8 Å². The molecule has 2 heterocycles. The minimum atomic E-state index is -3.64. The first-order valence-electron chi connectivity index (χ1n) is 9.51. The van der Waals surface area contributed by atoms with Crippen LogP contribution in [-0.4, -0.2) is 68.6 Å². The van der Waals surface area contributed by atoms with Crippen molar-refractivity contribution >= 4 is 21.1 Å². The third-order valence-electron chi connectivity index (χ3n) is 6.42. The highest BCUT2D eigenvalue weighted by Crippen LogP contribution is 2.40. The van der Waals surface area contributed by atoms with E-state index in [4.69, 9.17) is 9.15 Å². The van der Waals surface area contributed by atoms with Crippen molar-refractivity contribution in [1.29, 1.82) is 0 Å². The number of ether oxygens (including phenoxy) is 1. The molecule has 28 heavy (non-hydrogen) atoms. The second kappa shape index (κ2) is 6.98. The lowest BCUT2D eigenvalue weighted by Gasteiger charge is -2.40. The van der Waals surface area contributed by atoms with Gasteiger partial charge in [-0.05, 0) is 57.0 Å². The number of aryl methyl sites for hydroxylation is 1. The van der Waals surface area contributed by atoms with Gasteiger partial charge in [-0.15, -0.1) is 0 Å². The van der Waals surface area contributed by atoms with Crippen LogP contribution < -0.4 is 5.76 Å². The average Bonchev–Trinajstić information content (AvgIpc) is 3.21. The number of sulfonamides is 1. The van der Waals surface area contributed by atoms with Crippen molar-refractivity contribution in [3.63, 3.8) is 0 Å². The van der Waals surface area contributed by atoms with E-state index in [2.05, 4.69) is 4.90 Å². The average molecular weight is 410 g/mol. The minimum Gasteiger partial charge on any atom is -0.408 e. The van der Waals surface area contributed by atoms with E-state index < -0.39 is 15.8 Å². The second-order valence-electron chi connectivity index (χ2n) is 8.18. The molecule has 1 saturated carbocycles. The van der Waals surface area contributed by atoms with Gasteiger partial charge in [-0.25, -0.2) is 13.2 Å². The summed E-state index contributed by atoms with van der Waals surface area (Å²) in [5, 5.41) is 0. The topological polar surface area (TPSA) is 85.0 Å². The highest BCUT2D eigenvalue weighted by Gasteiger charge is 2.46. The van der Waals surface area contributed by atoms with Crippen molar-refractivity contribution in [3.05, 3.63) is 28.7 Å². The predicted molar refractivity (Wildman–Crippen MR) is 105 cm³/mol. The number of methoxy groups -OCH3 is 1. The summed E-state index contributed by atoms with van der Waals surface area (Å²) in [6.07, 6.45) is 1.92. The first-order chi connectivity index (χ1) is 13.2. The number of aromatic nitrogens is 1. The standard InChI is InChI=1S/C19H27N3O5S/c1-20(2)15-7-12-10-22(11-13(12)8-18(15)26-4)28(24,25)14-5-6-17-16(9-14)21(3)19(23)27-17/h5-6,9,12-13,15,18H,7-8,10-11H2,1-4H3/t12-,13+,15-,18-/m1/s1. The van der Waals surface area contributed by atoms with Gasteiger partial charge in [0.05, 0.1) is 16.5 Å².